The topological polar surface area (TPSA) is 55.6 Å². The molecule has 0 saturated carbocycles. The molecule has 1 saturated heterocycles. The summed E-state index contributed by atoms with van der Waals surface area (Å²) in [6.45, 7) is 4.15. The highest BCUT2D eigenvalue weighted by Gasteiger charge is 2.12. The Labute approximate surface area is 100 Å². The van der Waals surface area contributed by atoms with Crippen LogP contribution in [0.4, 0.5) is 5.69 Å². The van der Waals surface area contributed by atoms with Crippen LogP contribution in [0.15, 0.2) is 24.3 Å². The van der Waals surface area contributed by atoms with Gasteiger partial charge in [0.1, 0.15) is 5.75 Å². The minimum Gasteiger partial charge on any atom is -0.494 e. The van der Waals surface area contributed by atoms with Gasteiger partial charge in [0, 0.05) is 18.7 Å². The van der Waals surface area contributed by atoms with Gasteiger partial charge < -0.3 is 9.64 Å². The lowest BCUT2D eigenvalue weighted by molar-refractivity contribution is -0.384. The molecule has 0 amide bonds. The fraction of sp³-hybridized carbons (Fsp3) is 0.500. The zero-order valence-electron chi connectivity index (χ0n) is 9.67. The molecule has 1 aliphatic heterocycles. The molecule has 92 valence electrons. The van der Waals surface area contributed by atoms with E-state index in [0.29, 0.717) is 12.4 Å². The first-order valence-corrected chi connectivity index (χ1v) is 5.85. The molecule has 1 heterocycles. The Balaban J connectivity index is 1.69. The van der Waals surface area contributed by atoms with Gasteiger partial charge in [0.15, 0.2) is 0 Å². The van der Waals surface area contributed by atoms with Gasteiger partial charge in [-0.1, -0.05) is 0 Å². The van der Waals surface area contributed by atoms with Crippen LogP contribution in [-0.4, -0.2) is 36.1 Å². The van der Waals surface area contributed by atoms with E-state index < -0.39 is 4.92 Å². The normalized spacial score (nSPS) is 15.3. The number of nitro groups is 1. The molecule has 2 rings (SSSR count). The van der Waals surface area contributed by atoms with E-state index in [1.54, 1.807) is 12.1 Å². The molecular weight excluding hydrogens is 220 g/mol. The molecule has 0 unspecified atom stereocenters. The molecule has 17 heavy (non-hydrogen) atoms. The van der Waals surface area contributed by atoms with Gasteiger partial charge in [0.2, 0.25) is 0 Å². The molecule has 5 nitrogen and oxygen atoms in total. The number of non-ortho nitro benzene ring substituents is 1. The van der Waals surface area contributed by atoms with Crippen molar-refractivity contribution in [2.24, 2.45) is 0 Å². The average molecular weight is 236 g/mol. The van der Waals surface area contributed by atoms with Gasteiger partial charge in [0.05, 0.1) is 11.5 Å². The van der Waals surface area contributed by atoms with Crippen molar-refractivity contribution in [3.05, 3.63) is 34.4 Å². The van der Waals surface area contributed by atoms with E-state index in [2.05, 4.69) is 4.90 Å². The molecule has 0 atom stereocenters. The molecule has 0 aromatic heterocycles. The molecule has 1 aromatic rings. The highest BCUT2D eigenvalue weighted by molar-refractivity contribution is 5.35. The molecule has 0 aliphatic carbocycles. The van der Waals surface area contributed by atoms with Crippen LogP contribution < -0.4 is 4.74 Å². The number of hydrogen-bond donors (Lipinski definition) is 0. The van der Waals surface area contributed by atoms with E-state index in [4.69, 9.17) is 4.74 Å². The minimum atomic E-state index is -0.409. The number of nitrogens with zero attached hydrogens (tertiary/aromatic N) is 2. The summed E-state index contributed by atoms with van der Waals surface area (Å²) in [7, 11) is 0. The summed E-state index contributed by atoms with van der Waals surface area (Å²) in [5, 5.41) is 10.4. The summed E-state index contributed by atoms with van der Waals surface area (Å²) < 4.78 is 5.51. The molecule has 0 spiro atoms. The molecule has 0 N–H and O–H groups in total. The predicted octanol–water partition coefficient (Wildman–Crippen LogP) is 2.07. The highest BCUT2D eigenvalue weighted by Crippen LogP contribution is 2.17. The second-order valence-electron chi connectivity index (χ2n) is 4.15. The fourth-order valence-corrected chi connectivity index (χ4v) is 1.75. The van der Waals surface area contributed by atoms with Crippen LogP contribution in [0.3, 0.4) is 0 Å². The van der Waals surface area contributed by atoms with Crippen molar-refractivity contribution in [1.82, 2.24) is 4.90 Å². The Morgan fingerprint density at radius 3 is 2.53 bits per heavy atom. The first-order valence-electron chi connectivity index (χ1n) is 5.85. The van der Waals surface area contributed by atoms with Gasteiger partial charge in [-0.2, -0.15) is 0 Å². The standard InChI is InChI=1S/C12H16N2O3/c15-14(16)11-3-5-12(6-4-11)17-10-2-9-13-7-1-8-13/h3-6H,1-2,7-10H2. The SMILES string of the molecule is O=[N+]([O-])c1ccc(OCCCN2CCC2)cc1. The number of benzene rings is 1. The second kappa shape index (κ2) is 5.63. The average Bonchev–Trinajstić information content (AvgIpc) is 2.27. The Morgan fingerprint density at radius 1 is 1.29 bits per heavy atom. The molecule has 0 radical (unpaired) electrons. The van der Waals surface area contributed by atoms with Crippen molar-refractivity contribution in [3.8, 4) is 5.75 Å². The smallest absolute Gasteiger partial charge is 0.269 e. The zero-order chi connectivity index (χ0) is 12.1. The van der Waals surface area contributed by atoms with Gasteiger partial charge >= 0.3 is 0 Å². The summed E-state index contributed by atoms with van der Waals surface area (Å²) in [4.78, 5) is 12.4. The third kappa shape index (κ3) is 3.42. The van der Waals surface area contributed by atoms with Crippen LogP contribution in [0.2, 0.25) is 0 Å². The van der Waals surface area contributed by atoms with E-state index in [9.17, 15) is 10.1 Å². The van der Waals surface area contributed by atoms with Gasteiger partial charge in [-0.15, -0.1) is 0 Å². The number of likely N-dealkylation sites (tertiary alicyclic amines) is 1. The summed E-state index contributed by atoms with van der Waals surface area (Å²) in [6.07, 6.45) is 2.31. The van der Waals surface area contributed by atoms with E-state index in [0.717, 1.165) is 13.0 Å². The largest absolute Gasteiger partial charge is 0.494 e. The van der Waals surface area contributed by atoms with Gasteiger partial charge in [-0.25, -0.2) is 0 Å². The Hall–Kier alpha value is -1.62. The molecule has 1 fully saturated rings. The van der Waals surface area contributed by atoms with E-state index in [1.807, 2.05) is 0 Å². The van der Waals surface area contributed by atoms with Crippen LogP contribution in [-0.2, 0) is 0 Å². The monoisotopic (exact) mass is 236 g/mol. The van der Waals surface area contributed by atoms with Crippen LogP contribution in [0.5, 0.6) is 5.75 Å². The van der Waals surface area contributed by atoms with Crippen molar-refractivity contribution in [2.75, 3.05) is 26.2 Å². The van der Waals surface area contributed by atoms with Crippen molar-refractivity contribution in [3.63, 3.8) is 0 Å². The van der Waals surface area contributed by atoms with E-state index >= 15 is 0 Å². The van der Waals surface area contributed by atoms with Crippen LogP contribution in [0.25, 0.3) is 0 Å². The van der Waals surface area contributed by atoms with Crippen molar-refractivity contribution in [1.29, 1.82) is 0 Å². The summed E-state index contributed by atoms with van der Waals surface area (Å²) in [6, 6.07) is 6.21. The minimum absolute atomic E-state index is 0.0953. The highest BCUT2D eigenvalue weighted by atomic mass is 16.6. The lowest BCUT2D eigenvalue weighted by atomic mass is 10.2. The third-order valence-electron chi connectivity index (χ3n) is 2.88. The Kier molecular flexibility index (Phi) is 3.93. The number of ether oxygens (including phenoxy) is 1. The van der Waals surface area contributed by atoms with Gasteiger partial charge in [-0.3, -0.25) is 10.1 Å². The summed E-state index contributed by atoms with van der Waals surface area (Å²) in [5.74, 6) is 0.694. The quantitative estimate of drug-likeness (QED) is 0.431. The lowest BCUT2D eigenvalue weighted by Gasteiger charge is -2.30. The number of hydrogen-bond acceptors (Lipinski definition) is 4. The second-order valence-corrected chi connectivity index (χ2v) is 4.15. The van der Waals surface area contributed by atoms with E-state index in [-0.39, 0.29) is 5.69 Å². The third-order valence-corrected chi connectivity index (χ3v) is 2.88. The number of nitro benzene ring substituents is 1. The van der Waals surface area contributed by atoms with Gasteiger partial charge in [-0.05, 0) is 38.1 Å². The van der Waals surface area contributed by atoms with Crippen LogP contribution in [0, 0.1) is 10.1 Å². The summed E-state index contributed by atoms with van der Waals surface area (Å²) >= 11 is 0. The lowest BCUT2D eigenvalue weighted by Crippen LogP contribution is -2.38. The number of rotatable bonds is 6. The van der Waals surface area contributed by atoms with Crippen LogP contribution in [0.1, 0.15) is 12.8 Å². The molecule has 1 aromatic carbocycles. The van der Waals surface area contributed by atoms with Crippen LogP contribution >= 0.6 is 0 Å². The molecule has 0 bridgehead atoms. The van der Waals surface area contributed by atoms with Crippen molar-refractivity contribution >= 4 is 5.69 Å². The predicted molar refractivity (Wildman–Crippen MR) is 64.3 cm³/mol. The first-order chi connectivity index (χ1) is 8.25. The maximum Gasteiger partial charge on any atom is 0.269 e. The molecule has 1 aliphatic rings. The molecule has 5 heteroatoms. The van der Waals surface area contributed by atoms with Gasteiger partial charge in [0.25, 0.3) is 5.69 Å². The maximum absolute atomic E-state index is 10.4. The Morgan fingerprint density at radius 2 is 2.00 bits per heavy atom. The van der Waals surface area contributed by atoms with Crippen molar-refractivity contribution < 1.29 is 9.66 Å². The first kappa shape index (κ1) is 11.9. The Bertz CT molecular complexity index is 374. The molecular formula is C12H16N2O3. The van der Waals surface area contributed by atoms with E-state index in [1.165, 1.54) is 31.6 Å². The summed E-state index contributed by atoms with van der Waals surface area (Å²) in [5.41, 5.74) is 0.0953. The fourth-order valence-electron chi connectivity index (χ4n) is 1.75. The maximum atomic E-state index is 10.4. The van der Waals surface area contributed by atoms with Crippen molar-refractivity contribution in [2.45, 2.75) is 12.8 Å². The zero-order valence-corrected chi connectivity index (χ0v) is 9.67.